The van der Waals surface area contributed by atoms with E-state index in [1.165, 1.54) is 15.9 Å². The first-order valence-corrected chi connectivity index (χ1v) is 40.6. The fourth-order valence-corrected chi connectivity index (χ4v) is 16.3. The molecule has 0 amide bonds. The summed E-state index contributed by atoms with van der Waals surface area (Å²) in [5, 5.41) is 26.8. The molecule has 13 aromatic carbocycles. The van der Waals surface area contributed by atoms with E-state index in [1.807, 2.05) is 180 Å². The van der Waals surface area contributed by atoms with Gasteiger partial charge in [0.15, 0.2) is 0 Å². The van der Waals surface area contributed by atoms with Crippen LogP contribution in [0.3, 0.4) is 0 Å². The zero-order chi connectivity index (χ0) is 79.9. The minimum Gasteiger partial charge on any atom is -0.507 e. The van der Waals surface area contributed by atoms with Gasteiger partial charge in [-0.1, -0.05) is 211 Å². The first-order valence-electron chi connectivity index (χ1n) is 36.0. The number of phenols is 2. The number of hydrogen-bond donors (Lipinski definition) is 7. The summed E-state index contributed by atoms with van der Waals surface area (Å²) in [6.45, 7) is 9.92. The van der Waals surface area contributed by atoms with Crippen LogP contribution in [-0.4, -0.2) is 60.1 Å². The van der Waals surface area contributed by atoms with Crippen molar-refractivity contribution < 1.29 is 30.6 Å². The number of H-pyrrole nitrogens is 5. The molecule has 18 aromatic rings. The number of nitrogens with zero attached hydrogens (tertiary/aromatic N) is 5. The molecule has 0 saturated heterocycles. The van der Waals surface area contributed by atoms with Gasteiger partial charge >= 0.3 is 0 Å². The minimum absolute atomic E-state index is 0. The van der Waals surface area contributed by atoms with Gasteiger partial charge in [-0.3, -0.25) is 24.0 Å². The molecular formula is C93H72I3N10O7PPd. The third-order valence-electron chi connectivity index (χ3n) is 18.3. The van der Waals surface area contributed by atoms with Crippen LogP contribution in [0.1, 0.15) is 27.8 Å². The molecule has 0 atom stereocenters. The Hall–Kier alpha value is -11.6. The Morgan fingerprint density at radius 2 is 0.478 bits per heavy atom. The molecule has 0 bridgehead atoms. The van der Waals surface area contributed by atoms with Crippen molar-refractivity contribution in [3.63, 3.8) is 0 Å². The Labute approximate surface area is 716 Å². The molecule has 7 N–H and O–H groups in total. The number of aryl methyl sites for hydroxylation is 5. The molecule has 572 valence electrons. The van der Waals surface area contributed by atoms with Gasteiger partial charge in [0.05, 0.1) is 65.6 Å². The number of aromatic hydroxyl groups is 2. The summed E-state index contributed by atoms with van der Waals surface area (Å²) in [6, 6.07) is 97.7. The molecule has 0 aliphatic carbocycles. The number of nitrogens with one attached hydrogen (secondary N) is 5. The van der Waals surface area contributed by atoms with Gasteiger partial charge in [0.25, 0.3) is 27.8 Å². The average molecular weight is 1960 g/mol. The molecule has 5 aromatic heterocycles. The summed E-state index contributed by atoms with van der Waals surface area (Å²) >= 11 is 6.53. The maximum Gasteiger partial charge on any atom is 0.259 e. The van der Waals surface area contributed by atoms with Crippen LogP contribution in [-0.2, 0) is 20.4 Å². The van der Waals surface area contributed by atoms with Gasteiger partial charge in [0.1, 0.15) is 40.6 Å². The third-order valence-corrected chi connectivity index (χ3v) is 22.7. The molecule has 5 heterocycles. The summed E-state index contributed by atoms with van der Waals surface area (Å²) in [5.74, 6) is 2.80. The number of aromatic nitrogens is 10. The SMILES string of the molecule is Cc1ccc2nc(-c3ccccc3C)[nH]c(=O)c2c1.Cc1ccc2nc(-c3ccccc3O)[nH]c(=O)c2c1.Cc1ccccc1-c1nc2ccc(I)cc2c(=O)[nH]1.Cc1ccccc1-c1nc2ccc([127I])cc2c(=O)[nH]1.O=c1[nH]c(-c2ccccc2O)nc2ccc(I)cc12.[Pd].c1ccc(P(c2ccccc2)c2ccccc2)cc1. The summed E-state index contributed by atoms with van der Waals surface area (Å²) in [6.07, 6.45) is 0. The van der Waals surface area contributed by atoms with Gasteiger partial charge < -0.3 is 35.1 Å². The first-order chi connectivity index (χ1) is 55.2. The van der Waals surface area contributed by atoms with Gasteiger partial charge in [-0.2, -0.15) is 0 Å². The molecule has 17 nitrogen and oxygen atoms in total. The second-order valence-electron chi connectivity index (χ2n) is 26.4. The predicted octanol–water partition coefficient (Wildman–Crippen LogP) is 19.2. The molecule has 0 saturated carbocycles. The largest absolute Gasteiger partial charge is 0.507 e. The van der Waals surface area contributed by atoms with Gasteiger partial charge in [-0.15, -0.1) is 0 Å². The van der Waals surface area contributed by atoms with Crippen LogP contribution in [0.5, 0.6) is 11.5 Å². The molecule has 0 aliphatic rings. The zero-order valence-corrected chi connectivity index (χ0v) is 71.4. The maximum atomic E-state index is 12.1. The van der Waals surface area contributed by atoms with Crippen molar-refractivity contribution in [2.24, 2.45) is 0 Å². The molecule has 18 rings (SSSR count). The standard InChI is InChI=1S/C18H15P.C16H14N2O.2C15H11IN2O.C15H12N2O2.C14H9IN2O2.Pd/c1-4-10-16(11-5-1)19(17-12-6-2-7-13-17)18-14-8-3-9-15-18;1-10-7-8-14-13(9-10)16(19)18-15(17-14)12-6-4-3-5-11(12)2;2*1-9-4-2-3-5-11(9)14-17-13-7-6-10(16)8-12(13)15(19)18-14;1-9-6-7-12-11(8-9)15(19)17-14(16-12)10-4-2-3-5-13(10)18;15-8-5-6-11-10(7-8)14(19)17-13(16-11)9-3-1-2-4-12(9)18;/h1-15H;3-9H,1-2H3,(H,17,18,19);2*2-8H,1H3,(H,17,18,19);2-8,18H,1H3,(H,16,17,19);1-7,18H,(H,16,17,19);/i;;16+0;;;;. The molecule has 115 heavy (non-hydrogen) atoms. The maximum absolute atomic E-state index is 12.1. The van der Waals surface area contributed by atoms with Gasteiger partial charge in [0, 0.05) is 47.8 Å². The monoisotopic (exact) mass is 1960 g/mol. The van der Waals surface area contributed by atoms with Crippen molar-refractivity contribution in [1.29, 1.82) is 0 Å². The van der Waals surface area contributed by atoms with E-state index in [4.69, 9.17) is 0 Å². The van der Waals surface area contributed by atoms with Crippen molar-refractivity contribution >= 4 is 146 Å². The van der Waals surface area contributed by atoms with Crippen LogP contribution in [0.15, 0.2) is 327 Å². The number of fused-ring (bicyclic) bond motifs is 5. The van der Waals surface area contributed by atoms with Crippen molar-refractivity contribution in [3.05, 3.63) is 394 Å². The molecule has 0 unspecified atom stereocenters. The van der Waals surface area contributed by atoms with E-state index in [-0.39, 0.29) is 59.7 Å². The van der Waals surface area contributed by atoms with Crippen LogP contribution in [0.2, 0.25) is 0 Å². The quantitative estimate of drug-likeness (QED) is 0.0425. The summed E-state index contributed by atoms with van der Waals surface area (Å²) in [4.78, 5) is 97.0. The second-order valence-corrected chi connectivity index (χ2v) is 32.4. The summed E-state index contributed by atoms with van der Waals surface area (Å²) in [5.41, 5.74) is 12.0. The Kier molecular flexibility index (Phi) is 27.8. The fraction of sp³-hybridized carbons (Fsp3) is 0.0538. The topological polar surface area (TPSA) is 269 Å². The van der Waals surface area contributed by atoms with E-state index in [0.29, 0.717) is 78.2 Å². The van der Waals surface area contributed by atoms with Crippen LogP contribution < -0.4 is 43.7 Å². The van der Waals surface area contributed by atoms with E-state index in [2.05, 4.69) is 209 Å². The molecule has 0 fully saturated rings. The van der Waals surface area contributed by atoms with E-state index >= 15 is 0 Å². The normalized spacial score (nSPS) is 10.7. The third kappa shape index (κ3) is 20.5. The Balaban J connectivity index is 0.000000127. The predicted molar refractivity (Wildman–Crippen MR) is 489 cm³/mol. The van der Waals surface area contributed by atoms with Crippen molar-refractivity contribution in [1.82, 2.24) is 49.8 Å². The van der Waals surface area contributed by atoms with Crippen LogP contribution in [0, 0.1) is 45.3 Å². The van der Waals surface area contributed by atoms with Gasteiger partial charge in [-0.25, -0.2) is 24.9 Å². The smallest absolute Gasteiger partial charge is 0.259 e. The minimum atomic E-state index is -0.446. The Bertz CT molecular complexity index is 5960. The van der Waals surface area contributed by atoms with Crippen molar-refractivity contribution in [2.75, 3.05) is 0 Å². The number of rotatable bonds is 8. The van der Waals surface area contributed by atoms with E-state index in [1.54, 1.807) is 66.7 Å². The van der Waals surface area contributed by atoms with Crippen molar-refractivity contribution in [3.8, 4) is 68.4 Å². The number of phenolic OH excluding ortho intramolecular Hbond substituents is 2. The number of halogens is 3. The Morgan fingerprint density at radius 3 is 0.739 bits per heavy atom. The molecule has 0 radical (unpaired) electrons. The van der Waals surface area contributed by atoms with Crippen LogP contribution in [0.4, 0.5) is 0 Å². The number of aromatic amines is 5. The molecule has 0 aliphatic heterocycles. The number of benzene rings is 13. The van der Waals surface area contributed by atoms with E-state index in [0.717, 1.165) is 71.8 Å². The van der Waals surface area contributed by atoms with E-state index in [9.17, 15) is 34.2 Å². The van der Waals surface area contributed by atoms with Crippen LogP contribution in [0.25, 0.3) is 111 Å². The van der Waals surface area contributed by atoms with Gasteiger partial charge in [-0.05, 0) is 246 Å². The summed E-state index contributed by atoms with van der Waals surface area (Å²) in [7, 11) is -0.446. The van der Waals surface area contributed by atoms with Crippen molar-refractivity contribution in [2.45, 2.75) is 34.6 Å². The average Bonchev–Trinajstić information content (AvgIpc) is 0.813. The molecular weight excluding hydrogens is 1890 g/mol. The zero-order valence-electron chi connectivity index (χ0n) is 62.4. The van der Waals surface area contributed by atoms with Gasteiger partial charge in [0.2, 0.25) is 0 Å². The molecule has 22 heteroatoms. The second kappa shape index (κ2) is 38.5. The molecule has 0 spiro atoms. The number of hydrogen-bond acceptors (Lipinski definition) is 12. The first kappa shape index (κ1) is 82.9. The number of para-hydroxylation sites is 2. The van der Waals surface area contributed by atoms with E-state index < -0.39 is 7.92 Å². The fourth-order valence-electron chi connectivity index (χ4n) is 12.5. The Morgan fingerprint density at radius 1 is 0.261 bits per heavy atom. The summed E-state index contributed by atoms with van der Waals surface area (Å²) < 4.78 is 3.04. The van der Waals surface area contributed by atoms with Crippen LogP contribution >= 0.6 is 75.7 Å².